The van der Waals surface area contributed by atoms with Crippen LogP contribution in [0, 0.1) is 10.1 Å². The zero-order valence-corrected chi connectivity index (χ0v) is 8.14. The fraction of sp³-hybridized carbons (Fsp3) is 0.429. The summed E-state index contributed by atoms with van der Waals surface area (Å²) >= 11 is 0. The average molecular weight is 253 g/mol. The molecule has 0 aliphatic heterocycles. The summed E-state index contributed by atoms with van der Waals surface area (Å²) in [5.41, 5.74) is -2.82. The molecule has 94 valence electrons. The zero-order chi connectivity index (χ0) is 13.2. The second-order valence-electron chi connectivity index (χ2n) is 3.02. The van der Waals surface area contributed by atoms with E-state index in [9.17, 15) is 28.1 Å². The standard InChI is InChI=1S/C7H6F3N3O4/c8-7(9,10)6-4(13(16)17)3-12(11-6)2-1-5(14)15/h3H,1-2H2,(H,14,15). The molecular weight excluding hydrogens is 247 g/mol. The Morgan fingerprint density at radius 2 is 2.18 bits per heavy atom. The van der Waals surface area contributed by atoms with E-state index in [0.29, 0.717) is 10.9 Å². The Hall–Kier alpha value is -2.13. The van der Waals surface area contributed by atoms with Crippen LogP contribution in [0.5, 0.6) is 0 Å². The number of carboxylic acids is 1. The van der Waals surface area contributed by atoms with Gasteiger partial charge in [-0.2, -0.15) is 18.3 Å². The smallest absolute Gasteiger partial charge is 0.442 e. The molecule has 1 aromatic rings. The van der Waals surface area contributed by atoms with Gasteiger partial charge in [0.25, 0.3) is 0 Å². The van der Waals surface area contributed by atoms with Crippen molar-refractivity contribution in [2.45, 2.75) is 19.1 Å². The van der Waals surface area contributed by atoms with Gasteiger partial charge in [0.05, 0.1) is 17.9 Å². The van der Waals surface area contributed by atoms with Crippen molar-refractivity contribution in [3.63, 3.8) is 0 Å². The largest absolute Gasteiger partial charge is 0.481 e. The third-order valence-corrected chi connectivity index (χ3v) is 1.76. The molecule has 1 rings (SSSR count). The van der Waals surface area contributed by atoms with Gasteiger partial charge in [0, 0.05) is 0 Å². The summed E-state index contributed by atoms with van der Waals surface area (Å²) < 4.78 is 37.6. The van der Waals surface area contributed by atoms with Crippen LogP contribution in [-0.4, -0.2) is 25.8 Å². The monoisotopic (exact) mass is 253 g/mol. The first-order valence-corrected chi connectivity index (χ1v) is 4.22. The number of hydrogen-bond donors (Lipinski definition) is 1. The highest BCUT2D eigenvalue weighted by Crippen LogP contribution is 2.34. The molecule has 17 heavy (non-hydrogen) atoms. The van der Waals surface area contributed by atoms with Crippen LogP contribution < -0.4 is 0 Å². The van der Waals surface area contributed by atoms with Crippen LogP contribution in [0.25, 0.3) is 0 Å². The highest BCUT2D eigenvalue weighted by molar-refractivity contribution is 5.66. The lowest BCUT2D eigenvalue weighted by atomic mass is 10.4. The molecule has 0 saturated heterocycles. The second-order valence-corrected chi connectivity index (χ2v) is 3.02. The summed E-state index contributed by atoms with van der Waals surface area (Å²) in [5.74, 6) is -1.24. The first-order chi connectivity index (χ1) is 7.71. The molecule has 1 heterocycles. The number of rotatable bonds is 4. The number of nitrogens with zero attached hydrogens (tertiary/aromatic N) is 3. The highest BCUT2D eigenvalue weighted by Gasteiger charge is 2.42. The Balaban J connectivity index is 3.04. The van der Waals surface area contributed by atoms with Crippen molar-refractivity contribution in [2.24, 2.45) is 0 Å². The lowest BCUT2D eigenvalue weighted by Gasteiger charge is -2.00. The Morgan fingerprint density at radius 3 is 2.53 bits per heavy atom. The summed E-state index contributed by atoms with van der Waals surface area (Å²) in [5, 5.41) is 21.6. The van der Waals surface area contributed by atoms with Gasteiger partial charge in [-0.05, 0) is 0 Å². The topological polar surface area (TPSA) is 98.3 Å². The minimum Gasteiger partial charge on any atom is -0.481 e. The van der Waals surface area contributed by atoms with Crippen molar-refractivity contribution in [2.75, 3.05) is 0 Å². The van der Waals surface area contributed by atoms with Crippen LogP contribution >= 0.6 is 0 Å². The molecule has 1 N–H and O–H groups in total. The van der Waals surface area contributed by atoms with E-state index in [-0.39, 0.29) is 6.54 Å². The average Bonchev–Trinajstić information content (AvgIpc) is 2.57. The second kappa shape index (κ2) is 4.39. The van der Waals surface area contributed by atoms with Gasteiger partial charge < -0.3 is 5.11 Å². The number of carbonyl (C=O) groups is 1. The summed E-state index contributed by atoms with van der Waals surface area (Å²) in [6.45, 7) is -0.369. The molecule has 0 radical (unpaired) electrons. The third kappa shape index (κ3) is 3.16. The minimum atomic E-state index is -4.95. The van der Waals surface area contributed by atoms with Crippen LogP contribution in [0.3, 0.4) is 0 Å². The fourth-order valence-electron chi connectivity index (χ4n) is 1.07. The lowest BCUT2D eigenvalue weighted by molar-refractivity contribution is -0.388. The predicted octanol–water partition coefficient (Wildman–Crippen LogP) is 1.28. The number of hydrogen-bond acceptors (Lipinski definition) is 4. The number of aromatic nitrogens is 2. The molecule has 0 aliphatic rings. The van der Waals surface area contributed by atoms with Crippen molar-refractivity contribution < 1.29 is 28.0 Å². The maximum atomic E-state index is 12.3. The number of carboxylic acid groups (broad SMARTS) is 1. The Bertz CT molecular complexity index is 454. The van der Waals surface area contributed by atoms with E-state index in [1.165, 1.54) is 0 Å². The zero-order valence-electron chi connectivity index (χ0n) is 8.14. The first kappa shape index (κ1) is 12.9. The summed E-state index contributed by atoms with van der Waals surface area (Å²) in [6.07, 6.45) is -4.86. The van der Waals surface area contributed by atoms with Crippen LogP contribution in [-0.2, 0) is 17.5 Å². The van der Waals surface area contributed by atoms with Crippen molar-refractivity contribution in [3.8, 4) is 0 Å². The quantitative estimate of drug-likeness (QED) is 0.643. The number of halogens is 3. The molecule has 10 heteroatoms. The SMILES string of the molecule is O=C(O)CCn1cc([N+](=O)[O-])c(C(F)(F)F)n1. The van der Waals surface area contributed by atoms with Gasteiger partial charge in [-0.3, -0.25) is 19.6 Å². The van der Waals surface area contributed by atoms with E-state index in [0.717, 1.165) is 0 Å². The number of alkyl halides is 3. The molecule has 0 aliphatic carbocycles. The molecule has 1 aromatic heterocycles. The molecular formula is C7H6F3N3O4. The number of nitro groups is 1. The molecule has 0 bridgehead atoms. The van der Waals surface area contributed by atoms with Gasteiger partial charge in [0.15, 0.2) is 0 Å². The Morgan fingerprint density at radius 1 is 1.59 bits per heavy atom. The lowest BCUT2D eigenvalue weighted by Crippen LogP contribution is -2.10. The molecule has 0 amide bonds. The van der Waals surface area contributed by atoms with Crippen molar-refractivity contribution in [1.29, 1.82) is 0 Å². The molecule has 7 nitrogen and oxygen atoms in total. The van der Waals surface area contributed by atoms with E-state index in [2.05, 4.69) is 5.10 Å². The van der Waals surface area contributed by atoms with E-state index >= 15 is 0 Å². The predicted molar refractivity (Wildman–Crippen MR) is 46.1 cm³/mol. The number of aryl methyl sites for hydroxylation is 1. The van der Waals surface area contributed by atoms with Crippen molar-refractivity contribution in [3.05, 3.63) is 22.0 Å². The third-order valence-electron chi connectivity index (χ3n) is 1.76. The van der Waals surface area contributed by atoms with E-state index in [1.54, 1.807) is 0 Å². The van der Waals surface area contributed by atoms with Gasteiger partial charge in [-0.1, -0.05) is 0 Å². The summed E-state index contributed by atoms with van der Waals surface area (Å²) in [7, 11) is 0. The Kier molecular flexibility index (Phi) is 3.34. The molecule has 0 fully saturated rings. The van der Waals surface area contributed by atoms with Crippen LogP contribution in [0.15, 0.2) is 6.20 Å². The molecule has 0 aromatic carbocycles. The first-order valence-electron chi connectivity index (χ1n) is 4.22. The maximum absolute atomic E-state index is 12.3. The molecule has 0 atom stereocenters. The van der Waals surface area contributed by atoms with Crippen LogP contribution in [0.2, 0.25) is 0 Å². The molecule has 0 saturated carbocycles. The van der Waals surface area contributed by atoms with Gasteiger partial charge in [-0.15, -0.1) is 0 Å². The highest BCUT2D eigenvalue weighted by atomic mass is 19.4. The van der Waals surface area contributed by atoms with Gasteiger partial charge in [0.1, 0.15) is 6.20 Å². The minimum absolute atomic E-state index is 0.369. The molecule has 0 unspecified atom stereocenters. The van der Waals surface area contributed by atoms with Crippen LogP contribution in [0.4, 0.5) is 18.9 Å². The van der Waals surface area contributed by atoms with Crippen molar-refractivity contribution in [1.82, 2.24) is 9.78 Å². The van der Waals surface area contributed by atoms with E-state index < -0.39 is 34.9 Å². The van der Waals surface area contributed by atoms with Crippen LogP contribution in [0.1, 0.15) is 12.1 Å². The molecule has 0 spiro atoms. The fourth-order valence-corrected chi connectivity index (χ4v) is 1.07. The van der Waals surface area contributed by atoms with E-state index in [1.807, 2.05) is 0 Å². The Labute approximate surface area is 91.6 Å². The van der Waals surface area contributed by atoms with Gasteiger partial charge >= 0.3 is 17.8 Å². The number of aliphatic carboxylic acids is 1. The van der Waals surface area contributed by atoms with E-state index in [4.69, 9.17) is 5.11 Å². The summed E-state index contributed by atoms with van der Waals surface area (Å²) in [4.78, 5) is 19.3. The van der Waals surface area contributed by atoms with Gasteiger partial charge in [0.2, 0.25) is 5.69 Å². The van der Waals surface area contributed by atoms with Crippen molar-refractivity contribution >= 4 is 11.7 Å². The maximum Gasteiger partial charge on any atom is 0.442 e. The normalized spacial score (nSPS) is 11.5. The van der Waals surface area contributed by atoms with Gasteiger partial charge in [-0.25, -0.2) is 0 Å². The summed E-state index contributed by atoms with van der Waals surface area (Å²) in [6, 6.07) is 0.